The van der Waals surface area contributed by atoms with Gasteiger partial charge in [-0.2, -0.15) is 0 Å². The van der Waals surface area contributed by atoms with Gasteiger partial charge in [0.1, 0.15) is 5.82 Å². The number of benzene rings is 2. The van der Waals surface area contributed by atoms with Crippen LogP contribution in [-0.2, 0) is 11.3 Å². The lowest BCUT2D eigenvalue weighted by Crippen LogP contribution is -2.54. The molecule has 1 heterocycles. The van der Waals surface area contributed by atoms with Crippen LogP contribution in [0.5, 0.6) is 0 Å². The minimum absolute atomic E-state index is 0.0400. The molecule has 0 aromatic heterocycles. The maximum atomic E-state index is 13.1. The molecule has 0 unspecified atom stereocenters. The van der Waals surface area contributed by atoms with Gasteiger partial charge in [0.15, 0.2) is 0 Å². The van der Waals surface area contributed by atoms with Crippen LogP contribution >= 0.6 is 11.6 Å². The molecule has 0 radical (unpaired) electrons. The first-order valence-electron chi connectivity index (χ1n) is 9.26. The van der Waals surface area contributed by atoms with E-state index in [0.29, 0.717) is 11.6 Å². The van der Waals surface area contributed by atoms with Gasteiger partial charge in [-0.1, -0.05) is 42.8 Å². The van der Waals surface area contributed by atoms with Crippen LogP contribution in [0.2, 0.25) is 5.02 Å². The molecular formula is C22H24ClFN2O. The number of hydrogen-bond acceptors (Lipinski definition) is 2. The van der Waals surface area contributed by atoms with E-state index in [1.165, 1.54) is 12.1 Å². The zero-order chi connectivity index (χ0) is 19.2. The van der Waals surface area contributed by atoms with E-state index >= 15 is 0 Å². The Bertz CT molecular complexity index is 789. The lowest BCUT2D eigenvalue weighted by molar-refractivity contribution is -0.131. The summed E-state index contributed by atoms with van der Waals surface area (Å²) in [5.41, 5.74) is 2.05. The summed E-state index contributed by atoms with van der Waals surface area (Å²) in [6, 6.07) is 14.2. The largest absolute Gasteiger partial charge is 0.334 e. The number of amides is 1. The quantitative estimate of drug-likeness (QED) is 0.700. The number of nitrogens with zero attached hydrogens (tertiary/aromatic N) is 2. The minimum atomic E-state index is -0.215. The van der Waals surface area contributed by atoms with Gasteiger partial charge in [-0.3, -0.25) is 9.69 Å². The van der Waals surface area contributed by atoms with E-state index in [2.05, 4.69) is 11.8 Å². The highest BCUT2D eigenvalue weighted by Gasteiger charge is 2.28. The van der Waals surface area contributed by atoms with Crippen LogP contribution in [0.3, 0.4) is 0 Å². The summed E-state index contributed by atoms with van der Waals surface area (Å²) in [4.78, 5) is 16.9. The number of halogens is 2. The maximum absolute atomic E-state index is 13.1. The summed E-state index contributed by atoms with van der Waals surface area (Å²) in [5.74, 6) is -0.175. The van der Waals surface area contributed by atoms with Gasteiger partial charge in [-0.25, -0.2) is 4.39 Å². The predicted molar refractivity (Wildman–Crippen MR) is 108 cm³/mol. The first-order valence-corrected chi connectivity index (χ1v) is 9.64. The molecule has 0 N–H and O–H groups in total. The van der Waals surface area contributed by atoms with E-state index in [9.17, 15) is 9.18 Å². The van der Waals surface area contributed by atoms with Crippen LogP contribution in [0, 0.1) is 5.82 Å². The molecule has 1 fully saturated rings. The zero-order valence-electron chi connectivity index (χ0n) is 15.4. The predicted octanol–water partition coefficient (Wildman–Crippen LogP) is 4.62. The van der Waals surface area contributed by atoms with Gasteiger partial charge in [-0.15, -0.1) is 0 Å². The van der Waals surface area contributed by atoms with Gasteiger partial charge >= 0.3 is 0 Å². The number of rotatable bonds is 5. The molecule has 0 saturated carbocycles. The first-order chi connectivity index (χ1) is 13.0. The Morgan fingerprint density at radius 2 is 1.85 bits per heavy atom. The monoisotopic (exact) mass is 386 g/mol. The van der Waals surface area contributed by atoms with Crippen molar-refractivity contribution in [1.29, 1.82) is 0 Å². The third-order valence-electron chi connectivity index (χ3n) is 4.93. The highest BCUT2D eigenvalue weighted by atomic mass is 35.5. The van der Waals surface area contributed by atoms with Crippen molar-refractivity contribution in [2.24, 2.45) is 0 Å². The van der Waals surface area contributed by atoms with E-state index in [4.69, 9.17) is 11.6 Å². The number of carbonyl (C=O) groups is 1. The van der Waals surface area contributed by atoms with Crippen molar-refractivity contribution in [2.75, 3.05) is 19.6 Å². The zero-order valence-corrected chi connectivity index (χ0v) is 16.2. The molecule has 3 nitrogen and oxygen atoms in total. The van der Waals surface area contributed by atoms with Crippen LogP contribution in [0.4, 0.5) is 4.39 Å². The summed E-state index contributed by atoms with van der Waals surface area (Å²) in [6.07, 6.45) is 4.37. The Balaban J connectivity index is 1.59. The normalized spacial score (nSPS) is 18.2. The van der Waals surface area contributed by atoms with Gasteiger partial charge in [0, 0.05) is 43.3 Å². The Morgan fingerprint density at radius 1 is 1.15 bits per heavy atom. The molecule has 0 aliphatic carbocycles. The molecule has 142 valence electrons. The second kappa shape index (κ2) is 9.16. The van der Waals surface area contributed by atoms with Crippen LogP contribution in [-0.4, -0.2) is 41.4 Å². The number of hydrogen-bond donors (Lipinski definition) is 0. The highest BCUT2D eigenvalue weighted by molar-refractivity contribution is 6.30. The highest BCUT2D eigenvalue weighted by Crippen LogP contribution is 2.17. The van der Waals surface area contributed by atoms with E-state index in [1.54, 1.807) is 6.08 Å². The van der Waals surface area contributed by atoms with Crippen molar-refractivity contribution in [1.82, 2.24) is 9.80 Å². The average Bonchev–Trinajstić information content (AvgIpc) is 2.69. The maximum Gasteiger partial charge on any atom is 0.246 e. The fourth-order valence-electron chi connectivity index (χ4n) is 3.39. The fourth-order valence-corrected chi connectivity index (χ4v) is 3.51. The first kappa shape index (κ1) is 19.6. The van der Waals surface area contributed by atoms with Crippen molar-refractivity contribution >= 4 is 23.6 Å². The Kier molecular flexibility index (Phi) is 6.64. The Morgan fingerprint density at radius 3 is 2.52 bits per heavy atom. The number of piperazine rings is 1. The van der Waals surface area contributed by atoms with E-state index in [1.807, 2.05) is 47.4 Å². The topological polar surface area (TPSA) is 23.6 Å². The molecule has 1 saturated heterocycles. The molecule has 1 atom stereocenters. The van der Waals surface area contributed by atoms with Gasteiger partial charge < -0.3 is 4.90 Å². The molecule has 2 aromatic carbocycles. The average molecular weight is 387 g/mol. The van der Waals surface area contributed by atoms with Gasteiger partial charge in [-0.05, 0) is 47.9 Å². The second-order valence-electron chi connectivity index (χ2n) is 6.84. The molecule has 5 heteroatoms. The molecule has 0 spiro atoms. The van der Waals surface area contributed by atoms with Gasteiger partial charge in [0.2, 0.25) is 5.91 Å². The van der Waals surface area contributed by atoms with Crippen LogP contribution in [0.1, 0.15) is 24.5 Å². The molecule has 3 rings (SSSR count). The SMILES string of the molecule is CC[C@@H]1CN(Cc2ccc(F)cc2)CCN1C(=O)/C=C/c1ccc(Cl)cc1. The lowest BCUT2D eigenvalue weighted by Gasteiger charge is -2.41. The van der Waals surface area contributed by atoms with Crippen molar-refractivity contribution in [2.45, 2.75) is 25.9 Å². The van der Waals surface area contributed by atoms with Crippen molar-refractivity contribution in [3.63, 3.8) is 0 Å². The summed E-state index contributed by atoms with van der Waals surface area (Å²) < 4.78 is 13.1. The second-order valence-corrected chi connectivity index (χ2v) is 7.28. The van der Waals surface area contributed by atoms with Crippen molar-refractivity contribution in [3.8, 4) is 0 Å². The summed E-state index contributed by atoms with van der Waals surface area (Å²) in [5, 5.41) is 0.682. The summed E-state index contributed by atoms with van der Waals surface area (Å²) in [6.45, 7) is 5.22. The molecule has 1 aliphatic heterocycles. The van der Waals surface area contributed by atoms with Gasteiger partial charge in [0.05, 0.1) is 0 Å². The minimum Gasteiger partial charge on any atom is -0.334 e. The smallest absolute Gasteiger partial charge is 0.246 e. The van der Waals surface area contributed by atoms with Crippen LogP contribution in [0.25, 0.3) is 6.08 Å². The summed E-state index contributed by atoms with van der Waals surface area (Å²) in [7, 11) is 0. The van der Waals surface area contributed by atoms with E-state index < -0.39 is 0 Å². The molecular weight excluding hydrogens is 363 g/mol. The molecule has 1 amide bonds. The molecule has 27 heavy (non-hydrogen) atoms. The Labute approximate surface area is 165 Å². The number of carbonyl (C=O) groups excluding carboxylic acids is 1. The van der Waals surface area contributed by atoms with Crippen molar-refractivity contribution in [3.05, 3.63) is 76.6 Å². The van der Waals surface area contributed by atoms with Crippen LogP contribution in [0.15, 0.2) is 54.6 Å². The van der Waals surface area contributed by atoms with Crippen LogP contribution < -0.4 is 0 Å². The fraction of sp³-hybridized carbons (Fsp3) is 0.318. The molecule has 0 bridgehead atoms. The standard InChI is InChI=1S/C22H24ClFN2O/c1-2-21-16-25(15-18-5-10-20(24)11-6-18)13-14-26(21)22(27)12-7-17-3-8-19(23)9-4-17/h3-12,21H,2,13-16H2,1H3/b12-7+/t21-/m1/s1. The molecule has 1 aliphatic rings. The molecule has 2 aromatic rings. The van der Waals surface area contributed by atoms with Gasteiger partial charge in [0.25, 0.3) is 0 Å². The third-order valence-corrected chi connectivity index (χ3v) is 5.18. The van der Waals surface area contributed by atoms with E-state index in [-0.39, 0.29) is 17.8 Å². The summed E-state index contributed by atoms with van der Waals surface area (Å²) >= 11 is 5.89. The lowest BCUT2D eigenvalue weighted by atomic mass is 10.1. The third kappa shape index (κ3) is 5.41. The van der Waals surface area contributed by atoms with Crippen molar-refractivity contribution < 1.29 is 9.18 Å². The van der Waals surface area contributed by atoms with E-state index in [0.717, 1.165) is 37.2 Å². The Hall–Kier alpha value is -2.17.